The van der Waals surface area contributed by atoms with Crippen molar-refractivity contribution in [1.29, 1.82) is 0 Å². The van der Waals surface area contributed by atoms with Crippen molar-refractivity contribution in [2.24, 2.45) is 17.8 Å². The molecule has 0 bridgehead atoms. The lowest BCUT2D eigenvalue weighted by Gasteiger charge is -2.22. The third-order valence-electron chi connectivity index (χ3n) is 3.15. The lowest BCUT2D eigenvalue weighted by atomic mass is 9.90. The number of alkyl halides is 2. The van der Waals surface area contributed by atoms with Crippen LogP contribution in [0.5, 0.6) is 0 Å². The first kappa shape index (κ1) is 13.9. The Kier molecular flexibility index (Phi) is 5.61. The zero-order valence-electron chi connectivity index (χ0n) is 10.1. The van der Waals surface area contributed by atoms with Gasteiger partial charge >= 0.3 is 0 Å². The first-order valence-electron chi connectivity index (χ1n) is 5.65. The SMILES string of the molecule is CC(C)[C@@H](C)CCCC(F)(F)C(C)C. The molecule has 2 heteroatoms. The zero-order valence-corrected chi connectivity index (χ0v) is 10.1. The van der Waals surface area contributed by atoms with E-state index < -0.39 is 11.8 Å². The lowest BCUT2D eigenvalue weighted by Crippen LogP contribution is -2.23. The van der Waals surface area contributed by atoms with Crippen LogP contribution < -0.4 is 0 Å². The van der Waals surface area contributed by atoms with Crippen LogP contribution in [0.2, 0.25) is 0 Å². The van der Waals surface area contributed by atoms with E-state index in [2.05, 4.69) is 20.8 Å². The van der Waals surface area contributed by atoms with Crippen LogP contribution in [0, 0.1) is 17.8 Å². The van der Waals surface area contributed by atoms with Gasteiger partial charge < -0.3 is 0 Å². The summed E-state index contributed by atoms with van der Waals surface area (Å²) in [6.45, 7) is 9.60. The zero-order chi connectivity index (χ0) is 11.4. The first-order valence-corrected chi connectivity index (χ1v) is 5.65. The molecule has 1 atom stereocenters. The van der Waals surface area contributed by atoms with Crippen LogP contribution >= 0.6 is 0 Å². The standard InChI is InChI=1S/C12H24F2/c1-9(2)11(5)7-6-8-12(13,14)10(3)4/h9-11H,6-8H2,1-5H3/t11-/m0/s1. The molecule has 0 aromatic heterocycles. The van der Waals surface area contributed by atoms with Crippen LogP contribution in [0.25, 0.3) is 0 Å². The van der Waals surface area contributed by atoms with E-state index in [4.69, 9.17) is 0 Å². The monoisotopic (exact) mass is 206 g/mol. The molecule has 0 N–H and O–H groups in total. The molecule has 0 unspecified atom stereocenters. The summed E-state index contributed by atoms with van der Waals surface area (Å²) < 4.78 is 26.4. The van der Waals surface area contributed by atoms with Gasteiger partial charge in [-0.25, -0.2) is 8.78 Å². The van der Waals surface area contributed by atoms with E-state index in [0.717, 1.165) is 6.42 Å². The summed E-state index contributed by atoms with van der Waals surface area (Å²) in [4.78, 5) is 0. The van der Waals surface area contributed by atoms with E-state index in [1.54, 1.807) is 13.8 Å². The van der Waals surface area contributed by atoms with Gasteiger partial charge in [-0.3, -0.25) is 0 Å². The fourth-order valence-corrected chi connectivity index (χ4v) is 1.28. The summed E-state index contributed by atoms with van der Waals surface area (Å²) in [6, 6.07) is 0. The van der Waals surface area contributed by atoms with Crippen molar-refractivity contribution < 1.29 is 8.78 Å². The minimum atomic E-state index is -2.48. The summed E-state index contributed by atoms with van der Waals surface area (Å²) in [7, 11) is 0. The van der Waals surface area contributed by atoms with Gasteiger partial charge in [0, 0.05) is 12.3 Å². The quantitative estimate of drug-likeness (QED) is 0.589. The van der Waals surface area contributed by atoms with Crippen LogP contribution in [-0.4, -0.2) is 5.92 Å². The molecule has 0 rings (SSSR count). The minimum Gasteiger partial charge on any atom is -0.207 e. The summed E-state index contributed by atoms with van der Waals surface area (Å²) >= 11 is 0. The average molecular weight is 206 g/mol. The highest BCUT2D eigenvalue weighted by Crippen LogP contribution is 2.31. The van der Waals surface area contributed by atoms with Crippen molar-refractivity contribution in [3.05, 3.63) is 0 Å². The number of rotatable bonds is 6. The molecule has 0 saturated carbocycles. The maximum Gasteiger partial charge on any atom is 0.250 e. The summed E-state index contributed by atoms with van der Waals surface area (Å²) in [5.74, 6) is -1.85. The van der Waals surface area contributed by atoms with Crippen molar-refractivity contribution in [3.8, 4) is 0 Å². The van der Waals surface area contributed by atoms with Crippen LogP contribution in [-0.2, 0) is 0 Å². The highest BCUT2D eigenvalue weighted by atomic mass is 19.3. The van der Waals surface area contributed by atoms with Crippen LogP contribution in [0.4, 0.5) is 8.78 Å². The van der Waals surface area contributed by atoms with E-state index >= 15 is 0 Å². The van der Waals surface area contributed by atoms with E-state index in [0.29, 0.717) is 18.3 Å². The van der Waals surface area contributed by atoms with E-state index in [1.165, 1.54) is 0 Å². The maximum atomic E-state index is 13.2. The van der Waals surface area contributed by atoms with Crippen molar-refractivity contribution in [1.82, 2.24) is 0 Å². The smallest absolute Gasteiger partial charge is 0.207 e. The maximum absolute atomic E-state index is 13.2. The Morgan fingerprint density at radius 2 is 1.50 bits per heavy atom. The Morgan fingerprint density at radius 1 is 1.00 bits per heavy atom. The Balaban J connectivity index is 3.74. The number of hydrogen-bond acceptors (Lipinski definition) is 0. The van der Waals surface area contributed by atoms with E-state index in [9.17, 15) is 8.78 Å². The van der Waals surface area contributed by atoms with Gasteiger partial charge in [0.05, 0.1) is 0 Å². The summed E-state index contributed by atoms with van der Waals surface area (Å²) in [5, 5.41) is 0. The van der Waals surface area contributed by atoms with Crippen molar-refractivity contribution in [3.63, 3.8) is 0 Å². The molecule has 0 radical (unpaired) electrons. The first-order chi connectivity index (χ1) is 6.27. The molecule has 0 amide bonds. The molecular weight excluding hydrogens is 182 g/mol. The van der Waals surface area contributed by atoms with Gasteiger partial charge in [0.2, 0.25) is 5.92 Å². The molecule has 0 aliphatic heterocycles. The Hall–Kier alpha value is -0.140. The topological polar surface area (TPSA) is 0 Å². The molecule has 0 aromatic carbocycles. The van der Waals surface area contributed by atoms with Gasteiger partial charge in [-0.2, -0.15) is 0 Å². The Bertz CT molecular complexity index is 150. The highest BCUT2D eigenvalue weighted by Gasteiger charge is 2.32. The van der Waals surface area contributed by atoms with Gasteiger partial charge in [-0.1, -0.05) is 41.0 Å². The van der Waals surface area contributed by atoms with E-state index in [1.807, 2.05) is 0 Å². The van der Waals surface area contributed by atoms with Crippen LogP contribution in [0.15, 0.2) is 0 Å². The Morgan fingerprint density at radius 3 is 1.86 bits per heavy atom. The predicted octanol–water partition coefficient (Wildman–Crippen LogP) is 4.74. The average Bonchev–Trinajstić information content (AvgIpc) is 2.03. The molecule has 0 saturated heterocycles. The second kappa shape index (κ2) is 5.67. The fourth-order valence-electron chi connectivity index (χ4n) is 1.28. The van der Waals surface area contributed by atoms with Crippen LogP contribution in [0.3, 0.4) is 0 Å². The Labute approximate surface area is 87.1 Å². The molecule has 0 aliphatic carbocycles. The molecule has 0 fully saturated rings. The van der Waals surface area contributed by atoms with Gasteiger partial charge in [0.25, 0.3) is 0 Å². The molecule has 0 aliphatic rings. The van der Waals surface area contributed by atoms with E-state index in [-0.39, 0.29) is 6.42 Å². The molecule has 0 spiro atoms. The van der Waals surface area contributed by atoms with Gasteiger partial charge in [0.1, 0.15) is 0 Å². The second-order valence-corrected chi connectivity index (χ2v) is 5.03. The molecule has 0 aromatic rings. The molecular formula is C12H24F2. The lowest BCUT2D eigenvalue weighted by molar-refractivity contribution is -0.0548. The van der Waals surface area contributed by atoms with Crippen molar-refractivity contribution in [2.45, 2.75) is 59.8 Å². The van der Waals surface area contributed by atoms with Gasteiger partial charge in [-0.05, 0) is 18.3 Å². The largest absolute Gasteiger partial charge is 0.250 e. The van der Waals surface area contributed by atoms with Gasteiger partial charge in [0.15, 0.2) is 0 Å². The van der Waals surface area contributed by atoms with Crippen molar-refractivity contribution >= 4 is 0 Å². The van der Waals surface area contributed by atoms with Gasteiger partial charge in [-0.15, -0.1) is 0 Å². The summed E-state index contributed by atoms with van der Waals surface area (Å²) in [5.41, 5.74) is 0. The molecule has 86 valence electrons. The normalized spacial score (nSPS) is 15.2. The second-order valence-electron chi connectivity index (χ2n) is 5.03. The molecule has 14 heavy (non-hydrogen) atoms. The summed E-state index contributed by atoms with van der Waals surface area (Å²) in [6.07, 6.45) is 1.60. The third kappa shape index (κ3) is 4.92. The number of hydrogen-bond donors (Lipinski definition) is 0. The highest BCUT2D eigenvalue weighted by molar-refractivity contribution is 4.71. The fraction of sp³-hybridized carbons (Fsp3) is 1.00. The molecule has 0 heterocycles. The molecule has 0 nitrogen and oxygen atoms in total. The third-order valence-corrected chi connectivity index (χ3v) is 3.15. The number of halogens is 2. The van der Waals surface area contributed by atoms with Crippen molar-refractivity contribution in [2.75, 3.05) is 0 Å². The van der Waals surface area contributed by atoms with Crippen LogP contribution in [0.1, 0.15) is 53.9 Å². The minimum absolute atomic E-state index is 0.0434. The predicted molar refractivity (Wildman–Crippen MR) is 57.6 cm³/mol.